The smallest absolute Gasteiger partial charge is 0.330 e. The fourth-order valence-corrected chi connectivity index (χ4v) is 3.63. The van der Waals surface area contributed by atoms with Crippen LogP contribution in [0.1, 0.15) is 40.0 Å². The number of esters is 1. The maximum Gasteiger partial charge on any atom is 0.330 e. The van der Waals surface area contributed by atoms with Crippen LogP contribution in [-0.4, -0.2) is 18.9 Å². The van der Waals surface area contributed by atoms with Gasteiger partial charge in [0.2, 0.25) is 0 Å². The minimum Gasteiger partial charge on any atom is -0.463 e. The highest BCUT2D eigenvalue weighted by molar-refractivity contribution is 5.85. The van der Waals surface area contributed by atoms with Gasteiger partial charge in [-0.05, 0) is 43.1 Å². The van der Waals surface area contributed by atoms with E-state index >= 15 is 0 Å². The summed E-state index contributed by atoms with van der Waals surface area (Å²) in [5.41, 5.74) is 0.532. The van der Waals surface area contributed by atoms with Crippen molar-refractivity contribution in [2.75, 3.05) is 6.61 Å². The van der Waals surface area contributed by atoms with Crippen LogP contribution in [0, 0.1) is 16.7 Å². The lowest BCUT2D eigenvalue weighted by molar-refractivity contribution is -0.137. The Hall–Kier alpha value is -1.12. The molecule has 2 bridgehead atoms. The van der Waals surface area contributed by atoms with Crippen LogP contribution in [0.15, 0.2) is 11.6 Å². The van der Waals surface area contributed by atoms with E-state index < -0.39 is 5.41 Å². The summed E-state index contributed by atoms with van der Waals surface area (Å²) in [5, 5.41) is 0. The Balaban J connectivity index is 2.33. The molecular formula is C14H20O3. The molecule has 2 aliphatic carbocycles. The minimum absolute atomic E-state index is 0.0208. The predicted octanol–water partition coefficient (Wildman–Crippen LogP) is 2.50. The zero-order chi connectivity index (χ0) is 12.7. The maximum absolute atomic E-state index is 11.6. The van der Waals surface area contributed by atoms with Crippen LogP contribution in [0.5, 0.6) is 0 Å². The van der Waals surface area contributed by atoms with Crippen LogP contribution < -0.4 is 0 Å². The number of allylic oxidation sites excluding steroid dienone is 1. The molecule has 0 aromatic heterocycles. The van der Waals surface area contributed by atoms with Crippen molar-refractivity contribution in [3.05, 3.63) is 11.6 Å². The van der Waals surface area contributed by atoms with Gasteiger partial charge in [0.1, 0.15) is 6.29 Å². The molecule has 0 aromatic carbocycles. The average molecular weight is 236 g/mol. The average Bonchev–Trinajstić information content (AvgIpc) is 2.63. The van der Waals surface area contributed by atoms with Gasteiger partial charge in [-0.15, -0.1) is 0 Å². The van der Waals surface area contributed by atoms with Crippen molar-refractivity contribution in [3.8, 4) is 0 Å². The minimum atomic E-state index is -0.426. The molecule has 0 radical (unpaired) electrons. The maximum atomic E-state index is 11.6. The van der Waals surface area contributed by atoms with Crippen LogP contribution in [0.2, 0.25) is 0 Å². The van der Waals surface area contributed by atoms with Gasteiger partial charge in [-0.3, -0.25) is 0 Å². The van der Waals surface area contributed by atoms with Crippen molar-refractivity contribution in [1.82, 2.24) is 0 Å². The van der Waals surface area contributed by atoms with E-state index in [0.29, 0.717) is 12.5 Å². The van der Waals surface area contributed by atoms with Gasteiger partial charge in [-0.25, -0.2) is 4.79 Å². The number of carbonyl (C=O) groups is 2. The lowest BCUT2D eigenvalue weighted by atomic mass is 9.68. The van der Waals surface area contributed by atoms with Gasteiger partial charge in [-0.2, -0.15) is 0 Å². The summed E-state index contributed by atoms with van der Waals surface area (Å²) in [6, 6.07) is 0. The van der Waals surface area contributed by atoms with Crippen LogP contribution in [-0.2, 0) is 14.3 Å². The summed E-state index contributed by atoms with van der Waals surface area (Å²) >= 11 is 0. The lowest BCUT2D eigenvalue weighted by Gasteiger charge is -2.33. The van der Waals surface area contributed by atoms with Gasteiger partial charge < -0.3 is 9.53 Å². The summed E-state index contributed by atoms with van der Waals surface area (Å²) in [5.74, 6) is 0.209. The highest BCUT2D eigenvalue weighted by atomic mass is 16.5. The van der Waals surface area contributed by atoms with Crippen molar-refractivity contribution in [2.24, 2.45) is 16.7 Å². The summed E-state index contributed by atoms with van der Waals surface area (Å²) in [4.78, 5) is 23.1. The molecule has 2 saturated carbocycles. The van der Waals surface area contributed by atoms with Crippen molar-refractivity contribution < 1.29 is 14.3 Å². The van der Waals surface area contributed by atoms with Gasteiger partial charge in [-0.1, -0.05) is 13.8 Å². The number of hydrogen-bond acceptors (Lipinski definition) is 3. The molecule has 17 heavy (non-hydrogen) atoms. The Labute approximate surface area is 102 Å². The van der Waals surface area contributed by atoms with Crippen molar-refractivity contribution in [1.29, 1.82) is 0 Å². The fourth-order valence-electron chi connectivity index (χ4n) is 3.63. The Kier molecular flexibility index (Phi) is 2.88. The monoisotopic (exact) mass is 236 g/mol. The largest absolute Gasteiger partial charge is 0.463 e. The van der Waals surface area contributed by atoms with Gasteiger partial charge in [0.25, 0.3) is 0 Å². The van der Waals surface area contributed by atoms with Crippen LogP contribution >= 0.6 is 0 Å². The molecule has 0 aromatic rings. The Bertz CT molecular complexity index is 381. The Morgan fingerprint density at radius 1 is 1.53 bits per heavy atom. The summed E-state index contributed by atoms with van der Waals surface area (Å²) in [7, 11) is 0. The Morgan fingerprint density at radius 3 is 2.76 bits per heavy atom. The van der Waals surface area contributed by atoms with Crippen LogP contribution in [0.4, 0.5) is 0 Å². The van der Waals surface area contributed by atoms with E-state index in [9.17, 15) is 9.59 Å². The zero-order valence-corrected chi connectivity index (χ0v) is 10.8. The first kappa shape index (κ1) is 12.3. The van der Waals surface area contributed by atoms with E-state index in [-0.39, 0.29) is 11.4 Å². The predicted molar refractivity (Wildman–Crippen MR) is 64.3 cm³/mol. The second kappa shape index (κ2) is 3.97. The van der Waals surface area contributed by atoms with E-state index in [2.05, 4.69) is 13.8 Å². The third kappa shape index (κ3) is 1.55. The molecule has 2 rings (SSSR count). The molecule has 2 fully saturated rings. The first-order valence-electron chi connectivity index (χ1n) is 6.32. The van der Waals surface area contributed by atoms with E-state index in [1.54, 1.807) is 13.0 Å². The number of rotatable bonds is 3. The normalized spacial score (nSPS) is 36.2. The summed E-state index contributed by atoms with van der Waals surface area (Å²) in [6.45, 7) is 6.45. The SMILES string of the molecule is CCOC(=O)/C=C1\CC2CCC1(C=O)C2(C)C. The van der Waals surface area contributed by atoms with Crippen molar-refractivity contribution in [2.45, 2.75) is 40.0 Å². The topological polar surface area (TPSA) is 43.4 Å². The van der Waals surface area contributed by atoms with Gasteiger partial charge in [0.05, 0.1) is 12.0 Å². The number of ether oxygens (including phenoxy) is 1. The zero-order valence-electron chi connectivity index (χ0n) is 10.8. The van der Waals surface area contributed by atoms with E-state index in [4.69, 9.17) is 4.74 Å². The summed E-state index contributed by atoms with van der Waals surface area (Å²) < 4.78 is 4.94. The number of hydrogen-bond donors (Lipinski definition) is 0. The van der Waals surface area contributed by atoms with E-state index in [1.807, 2.05) is 0 Å². The van der Waals surface area contributed by atoms with Gasteiger partial charge in [0.15, 0.2) is 0 Å². The van der Waals surface area contributed by atoms with E-state index in [0.717, 1.165) is 31.1 Å². The quantitative estimate of drug-likeness (QED) is 0.429. The third-order valence-corrected chi connectivity index (χ3v) is 4.88. The number of aldehydes is 1. The van der Waals surface area contributed by atoms with Gasteiger partial charge in [0, 0.05) is 6.08 Å². The molecule has 3 nitrogen and oxygen atoms in total. The van der Waals surface area contributed by atoms with Crippen LogP contribution in [0.3, 0.4) is 0 Å². The Morgan fingerprint density at radius 2 is 2.24 bits per heavy atom. The third-order valence-electron chi connectivity index (χ3n) is 4.88. The van der Waals surface area contributed by atoms with Crippen molar-refractivity contribution >= 4 is 12.3 Å². The molecule has 0 aliphatic heterocycles. The molecule has 2 unspecified atom stereocenters. The molecule has 0 amide bonds. The molecule has 0 N–H and O–H groups in total. The standard InChI is InChI=1S/C14H20O3/c1-4-17-12(16)8-11-7-10-5-6-14(11,9-15)13(10,2)3/h8-10H,4-7H2,1-3H3/b11-8+. The number of fused-ring (bicyclic) bond motifs is 2. The molecule has 2 atom stereocenters. The molecule has 0 heterocycles. The van der Waals surface area contributed by atoms with Crippen molar-refractivity contribution in [3.63, 3.8) is 0 Å². The second-order valence-corrected chi connectivity index (χ2v) is 5.67. The first-order valence-corrected chi connectivity index (χ1v) is 6.32. The fraction of sp³-hybridized carbons (Fsp3) is 0.714. The van der Waals surface area contributed by atoms with Gasteiger partial charge >= 0.3 is 5.97 Å². The molecule has 2 aliphatic rings. The molecule has 0 spiro atoms. The molecule has 94 valence electrons. The second-order valence-electron chi connectivity index (χ2n) is 5.67. The van der Waals surface area contributed by atoms with Crippen LogP contribution in [0.25, 0.3) is 0 Å². The highest BCUT2D eigenvalue weighted by Gasteiger charge is 2.61. The lowest BCUT2D eigenvalue weighted by Crippen LogP contribution is -2.33. The molecule has 0 saturated heterocycles. The molecular weight excluding hydrogens is 216 g/mol. The first-order chi connectivity index (χ1) is 7.98. The van der Waals surface area contributed by atoms with E-state index in [1.165, 1.54) is 0 Å². The summed E-state index contributed by atoms with van der Waals surface area (Å²) in [6.07, 6.45) is 5.44. The highest BCUT2D eigenvalue weighted by Crippen LogP contribution is 2.67. The molecule has 3 heteroatoms. The number of carbonyl (C=O) groups excluding carboxylic acids is 2.